The monoisotopic (exact) mass is 280 g/mol. The van der Waals surface area contributed by atoms with Crippen molar-refractivity contribution in [3.8, 4) is 0 Å². The maximum atomic E-state index is 11.7. The number of aliphatic hydroxyl groups excluding tert-OH is 1. The van der Waals surface area contributed by atoms with Gasteiger partial charge in [-0.15, -0.1) is 0 Å². The van der Waals surface area contributed by atoms with Crippen LogP contribution < -0.4 is 0 Å². The molecule has 0 radical (unpaired) electrons. The van der Waals surface area contributed by atoms with Crippen LogP contribution in [0, 0.1) is 11.3 Å². The minimum absolute atomic E-state index is 0.147. The molecule has 1 unspecified atom stereocenters. The average molecular weight is 280 g/mol. The average Bonchev–Trinajstić information content (AvgIpc) is 3.17. The number of aliphatic hydroxyl groups is 1. The molecule has 114 valence electrons. The molecular formula is C16H28N2O2. The molecule has 20 heavy (non-hydrogen) atoms. The lowest BCUT2D eigenvalue weighted by molar-refractivity contribution is -0.128. The first-order valence-corrected chi connectivity index (χ1v) is 8.32. The van der Waals surface area contributed by atoms with Crippen LogP contribution in [-0.2, 0) is 4.79 Å². The van der Waals surface area contributed by atoms with Crippen LogP contribution in [0.3, 0.4) is 0 Å². The summed E-state index contributed by atoms with van der Waals surface area (Å²) in [5, 5.41) is 9.87. The third-order valence-electron chi connectivity index (χ3n) is 5.35. The van der Waals surface area contributed by atoms with Crippen LogP contribution >= 0.6 is 0 Å². The number of amides is 1. The van der Waals surface area contributed by atoms with Crippen LogP contribution in [-0.4, -0.2) is 60.1 Å². The minimum atomic E-state index is 0.147. The second kappa shape index (κ2) is 6.02. The number of nitrogens with zero attached hydrogens (tertiary/aromatic N) is 2. The van der Waals surface area contributed by atoms with Crippen molar-refractivity contribution in [2.45, 2.75) is 44.9 Å². The molecule has 1 N–H and O–H groups in total. The molecule has 0 aromatic rings. The van der Waals surface area contributed by atoms with Gasteiger partial charge in [0, 0.05) is 44.6 Å². The number of piperidine rings is 1. The van der Waals surface area contributed by atoms with Crippen molar-refractivity contribution in [2.24, 2.45) is 11.3 Å². The van der Waals surface area contributed by atoms with E-state index in [1.165, 1.54) is 32.1 Å². The number of rotatable bonds is 6. The molecule has 0 aromatic heterocycles. The van der Waals surface area contributed by atoms with Gasteiger partial charge in [-0.25, -0.2) is 0 Å². The van der Waals surface area contributed by atoms with Crippen molar-refractivity contribution < 1.29 is 9.90 Å². The van der Waals surface area contributed by atoms with Gasteiger partial charge in [0.2, 0.25) is 5.91 Å². The van der Waals surface area contributed by atoms with E-state index < -0.39 is 0 Å². The molecule has 3 aliphatic rings. The van der Waals surface area contributed by atoms with Gasteiger partial charge in [-0.05, 0) is 38.1 Å². The van der Waals surface area contributed by atoms with E-state index in [0.29, 0.717) is 12.5 Å². The van der Waals surface area contributed by atoms with Gasteiger partial charge in [0.15, 0.2) is 0 Å². The van der Waals surface area contributed by atoms with Crippen molar-refractivity contribution >= 4 is 5.91 Å². The highest BCUT2D eigenvalue weighted by Gasteiger charge is 2.39. The van der Waals surface area contributed by atoms with Gasteiger partial charge in [-0.2, -0.15) is 0 Å². The SMILES string of the molecule is O=C1CCCN1CCN1CCCC(CO)(CC2CC2)C1. The number of hydrogen-bond acceptors (Lipinski definition) is 3. The summed E-state index contributed by atoms with van der Waals surface area (Å²) in [6.45, 7) is 5.31. The van der Waals surface area contributed by atoms with Crippen molar-refractivity contribution in [2.75, 3.05) is 39.3 Å². The number of likely N-dealkylation sites (tertiary alicyclic amines) is 2. The molecule has 0 aromatic carbocycles. The molecule has 1 amide bonds. The largest absolute Gasteiger partial charge is 0.396 e. The predicted octanol–water partition coefficient (Wildman–Crippen LogP) is 1.48. The van der Waals surface area contributed by atoms with Gasteiger partial charge in [-0.1, -0.05) is 12.8 Å². The number of hydrogen-bond donors (Lipinski definition) is 1. The molecule has 1 saturated carbocycles. The Bertz CT molecular complexity index is 356. The Morgan fingerprint density at radius 3 is 2.70 bits per heavy atom. The van der Waals surface area contributed by atoms with Gasteiger partial charge >= 0.3 is 0 Å². The molecule has 2 saturated heterocycles. The highest BCUT2D eigenvalue weighted by molar-refractivity contribution is 5.78. The highest BCUT2D eigenvalue weighted by Crippen LogP contribution is 2.44. The second-order valence-electron chi connectivity index (χ2n) is 7.17. The van der Waals surface area contributed by atoms with Gasteiger partial charge in [0.25, 0.3) is 0 Å². The Balaban J connectivity index is 1.50. The van der Waals surface area contributed by atoms with E-state index in [9.17, 15) is 9.90 Å². The molecule has 3 rings (SSSR count). The van der Waals surface area contributed by atoms with E-state index in [4.69, 9.17) is 0 Å². The molecule has 2 aliphatic heterocycles. The topological polar surface area (TPSA) is 43.8 Å². The Kier molecular flexibility index (Phi) is 4.32. The number of carbonyl (C=O) groups is 1. The quantitative estimate of drug-likeness (QED) is 0.801. The summed E-state index contributed by atoms with van der Waals surface area (Å²) >= 11 is 0. The van der Waals surface area contributed by atoms with E-state index in [0.717, 1.165) is 51.5 Å². The van der Waals surface area contributed by atoms with Gasteiger partial charge in [0.05, 0.1) is 0 Å². The zero-order valence-corrected chi connectivity index (χ0v) is 12.5. The summed E-state index contributed by atoms with van der Waals surface area (Å²) in [7, 11) is 0. The Labute approximate surface area is 122 Å². The third kappa shape index (κ3) is 3.34. The van der Waals surface area contributed by atoms with Crippen LogP contribution in [0.25, 0.3) is 0 Å². The van der Waals surface area contributed by atoms with Gasteiger partial charge in [0.1, 0.15) is 0 Å². The van der Waals surface area contributed by atoms with E-state index in [2.05, 4.69) is 4.90 Å². The smallest absolute Gasteiger partial charge is 0.222 e. The van der Waals surface area contributed by atoms with E-state index >= 15 is 0 Å². The predicted molar refractivity (Wildman–Crippen MR) is 78.3 cm³/mol. The lowest BCUT2D eigenvalue weighted by atomic mass is 9.76. The summed E-state index contributed by atoms with van der Waals surface area (Å²) in [6.07, 6.45) is 8.08. The lowest BCUT2D eigenvalue weighted by Crippen LogP contribution is -2.48. The zero-order valence-electron chi connectivity index (χ0n) is 12.5. The number of carbonyl (C=O) groups excluding carboxylic acids is 1. The van der Waals surface area contributed by atoms with Crippen LogP contribution in [0.1, 0.15) is 44.9 Å². The standard InChI is InChI=1S/C16H28N2O2/c19-13-16(11-14-4-5-14)6-2-7-17(12-16)9-10-18-8-1-3-15(18)20/h14,19H,1-13H2. The summed E-state index contributed by atoms with van der Waals surface area (Å²) in [6, 6.07) is 0. The van der Waals surface area contributed by atoms with Crippen molar-refractivity contribution in [1.82, 2.24) is 9.80 Å². The van der Waals surface area contributed by atoms with Gasteiger partial charge < -0.3 is 14.9 Å². The molecule has 1 atom stereocenters. The summed E-state index contributed by atoms with van der Waals surface area (Å²) in [4.78, 5) is 16.1. The highest BCUT2D eigenvalue weighted by atomic mass is 16.3. The molecule has 0 spiro atoms. The Hall–Kier alpha value is -0.610. The summed E-state index contributed by atoms with van der Waals surface area (Å²) < 4.78 is 0. The van der Waals surface area contributed by atoms with Crippen molar-refractivity contribution in [3.63, 3.8) is 0 Å². The fraction of sp³-hybridized carbons (Fsp3) is 0.938. The van der Waals surface area contributed by atoms with Crippen LogP contribution in [0.4, 0.5) is 0 Å². The third-order valence-corrected chi connectivity index (χ3v) is 5.35. The normalized spacial score (nSPS) is 32.0. The summed E-state index contributed by atoms with van der Waals surface area (Å²) in [5.74, 6) is 1.20. The molecule has 3 fully saturated rings. The first-order valence-electron chi connectivity index (χ1n) is 8.32. The fourth-order valence-corrected chi connectivity index (χ4v) is 4.00. The molecule has 2 heterocycles. The first-order chi connectivity index (χ1) is 9.71. The Morgan fingerprint density at radius 2 is 2.05 bits per heavy atom. The molecule has 4 heteroatoms. The van der Waals surface area contributed by atoms with Crippen LogP contribution in [0.2, 0.25) is 0 Å². The summed E-state index contributed by atoms with van der Waals surface area (Å²) in [5.41, 5.74) is 0.147. The zero-order chi connectivity index (χ0) is 14.0. The first kappa shape index (κ1) is 14.3. The van der Waals surface area contributed by atoms with Gasteiger partial charge in [-0.3, -0.25) is 4.79 Å². The van der Waals surface area contributed by atoms with Crippen LogP contribution in [0.5, 0.6) is 0 Å². The molecule has 0 bridgehead atoms. The van der Waals surface area contributed by atoms with E-state index in [-0.39, 0.29) is 5.41 Å². The Morgan fingerprint density at radius 1 is 1.20 bits per heavy atom. The lowest BCUT2D eigenvalue weighted by Gasteiger charge is -2.42. The minimum Gasteiger partial charge on any atom is -0.396 e. The van der Waals surface area contributed by atoms with E-state index in [1.54, 1.807) is 0 Å². The second-order valence-corrected chi connectivity index (χ2v) is 7.17. The maximum Gasteiger partial charge on any atom is 0.222 e. The molecular weight excluding hydrogens is 252 g/mol. The maximum absolute atomic E-state index is 11.7. The van der Waals surface area contributed by atoms with Crippen molar-refractivity contribution in [1.29, 1.82) is 0 Å². The van der Waals surface area contributed by atoms with Crippen molar-refractivity contribution in [3.05, 3.63) is 0 Å². The fourth-order valence-electron chi connectivity index (χ4n) is 4.00. The molecule has 1 aliphatic carbocycles. The van der Waals surface area contributed by atoms with E-state index in [1.807, 2.05) is 4.90 Å². The van der Waals surface area contributed by atoms with Crippen LogP contribution in [0.15, 0.2) is 0 Å². The molecule has 4 nitrogen and oxygen atoms in total.